The highest BCUT2D eigenvalue weighted by Crippen LogP contribution is 2.35. The highest BCUT2D eigenvalue weighted by molar-refractivity contribution is 6.00. The lowest BCUT2D eigenvalue weighted by Gasteiger charge is -2.18. The predicted molar refractivity (Wildman–Crippen MR) is 117 cm³/mol. The van der Waals surface area contributed by atoms with Crippen molar-refractivity contribution in [2.24, 2.45) is 5.92 Å². The Labute approximate surface area is 176 Å². The van der Waals surface area contributed by atoms with Crippen LogP contribution in [0, 0.1) is 12.8 Å². The largest absolute Gasteiger partial charge is 0.422 e. The molecular formula is C26H24O4. The fraction of sp³-hybridized carbons (Fsp3) is 0.231. The van der Waals surface area contributed by atoms with E-state index in [4.69, 9.17) is 9.47 Å². The quantitative estimate of drug-likeness (QED) is 0.397. The molecule has 30 heavy (non-hydrogen) atoms. The van der Waals surface area contributed by atoms with E-state index in [2.05, 4.69) is 6.92 Å². The first kappa shape index (κ1) is 19.9. The van der Waals surface area contributed by atoms with Crippen molar-refractivity contribution >= 4 is 22.7 Å². The van der Waals surface area contributed by atoms with E-state index >= 15 is 0 Å². The Morgan fingerprint density at radius 2 is 1.57 bits per heavy atom. The zero-order chi connectivity index (χ0) is 21.1. The summed E-state index contributed by atoms with van der Waals surface area (Å²) in [6.45, 7) is 4.10. The fourth-order valence-electron chi connectivity index (χ4n) is 3.69. The van der Waals surface area contributed by atoms with E-state index in [0.717, 1.165) is 30.2 Å². The van der Waals surface area contributed by atoms with Gasteiger partial charge in [-0.25, -0.2) is 9.59 Å². The molecule has 1 aliphatic carbocycles. The lowest BCUT2D eigenvalue weighted by Crippen LogP contribution is -2.15. The second kappa shape index (κ2) is 8.54. The van der Waals surface area contributed by atoms with Gasteiger partial charge in [-0.2, -0.15) is 0 Å². The molecule has 0 N–H and O–H groups in total. The van der Waals surface area contributed by atoms with Crippen molar-refractivity contribution in [2.45, 2.75) is 33.1 Å². The van der Waals surface area contributed by atoms with E-state index in [0.29, 0.717) is 33.9 Å². The van der Waals surface area contributed by atoms with Crippen LogP contribution in [0.2, 0.25) is 0 Å². The summed E-state index contributed by atoms with van der Waals surface area (Å²) in [5.74, 6) is 0.565. The number of rotatable bonds is 4. The Bertz CT molecular complexity index is 1140. The highest BCUT2D eigenvalue weighted by atomic mass is 16.5. The molecule has 0 aliphatic heterocycles. The van der Waals surface area contributed by atoms with Crippen LogP contribution < -0.4 is 9.47 Å². The van der Waals surface area contributed by atoms with Gasteiger partial charge in [-0.15, -0.1) is 0 Å². The van der Waals surface area contributed by atoms with Gasteiger partial charge >= 0.3 is 11.9 Å². The first-order valence-electron chi connectivity index (χ1n) is 10.2. The number of esters is 2. The van der Waals surface area contributed by atoms with Gasteiger partial charge in [0.05, 0.1) is 10.9 Å². The molecule has 1 aliphatic rings. The maximum Gasteiger partial charge on any atom is 0.343 e. The first-order chi connectivity index (χ1) is 14.5. The van der Waals surface area contributed by atoms with Gasteiger partial charge in [0.2, 0.25) is 0 Å². The summed E-state index contributed by atoms with van der Waals surface area (Å²) in [5, 5.41) is 1.44. The minimum absolute atomic E-state index is 0.339. The van der Waals surface area contributed by atoms with E-state index in [9.17, 15) is 9.59 Å². The molecule has 0 amide bonds. The standard InChI is InChI=1S/C26H24O4/c1-17-12-14-20(15-13-17)25(27)29-22-10-4-7-19-8-5-11-23(24(19)22)30-26(28)21-9-3-6-18(2)16-21/h3-11,14,16-17H,12-13,15H2,1-2H3. The third-order valence-electron chi connectivity index (χ3n) is 5.42. The van der Waals surface area contributed by atoms with Crippen LogP contribution in [-0.2, 0) is 4.79 Å². The third-order valence-corrected chi connectivity index (χ3v) is 5.42. The van der Waals surface area contributed by atoms with E-state index in [1.807, 2.05) is 49.4 Å². The van der Waals surface area contributed by atoms with Gasteiger partial charge in [0.25, 0.3) is 0 Å². The lowest BCUT2D eigenvalue weighted by molar-refractivity contribution is -0.130. The van der Waals surface area contributed by atoms with Crippen LogP contribution in [0.15, 0.2) is 72.3 Å². The van der Waals surface area contributed by atoms with Crippen molar-refractivity contribution in [3.05, 3.63) is 83.4 Å². The number of aryl methyl sites for hydroxylation is 1. The monoisotopic (exact) mass is 400 g/mol. The second-order valence-corrected chi connectivity index (χ2v) is 7.87. The van der Waals surface area contributed by atoms with Gasteiger partial charge in [0, 0.05) is 5.57 Å². The molecule has 0 fully saturated rings. The zero-order valence-electron chi connectivity index (χ0n) is 17.2. The summed E-state index contributed by atoms with van der Waals surface area (Å²) in [4.78, 5) is 25.4. The van der Waals surface area contributed by atoms with Crippen LogP contribution in [0.1, 0.15) is 42.1 Å². The SMILES string of the molecule is Cc1cccc(C(=O)Oc2cccc3cccc(OC(=O)C4=CCC(C)CC4)c23)c1. The zero-order valence-corrected chi connectivity index (χ0v) is 17.2. The molecule has 0 saturated heterocycles. The maximum atomic E-state index is 12.7. The van der Waals surface area contributed by atoms with Gasteiger partial charge in [0.1, 0.15) is 11.5 Å². The van der Waals surface area contributed by atoms with Crippen LogP contribution in [0.3, 0.4) is 0 Å². The Kier molecular flexibility index (Phi) is 5.66. The van der Waals surface area contributed by atoms with Crippen molar-refractivity contribution in [1.29, 1.82) is 0 Å². The van der Waals surface area contributed by atoms with Crippen molar-refractivity contribution in [1.82, 2.24) is 0 Å². The first-order valence-corrected chi connectivity index (χ1v) is 10.2. The minimum Gasteiger partial charge on any atom is -0.422 e. The number of benzene rings is 3. The Morgan fingerprint density at radius 1 is 0.900 bits per heavy atom. The van der Waals surface area contributed by atoms with E-state index in [-0.39, 0.29) is 5.97 Å². The van der Waals surface area contributed by atoms with Gasteiger partial charge in [-0.05, 0) is 61.8 Å². The molecule has 152 valence electrons. The molecule has 4 rings (SSSR count). The predicted octanol–water partition coefficient (Wildman–Crippen LogP) is 6.02. The molecule has 3 aromatic rings. The normalized spacial score (nSPS) is 16.1. The average molecular weight is 400 g/mol. The summed E-state index contributed by atoms with van der Waals surface area (Å²) >= 11 is 0. The third kappa shape index (κ3) is 4.28. The molecule has 0 heterocycles. The van der Waals surface area contributed by atoms with Crippen LogP contribution in [0.25, 0.3) is 10.8 Å². The second-order valence-electron chi connectivity index (χ2n) is 7.87. The molecule has 1 unspecified atom stereocenters. The summed E-state index contributed by atoms with van der Waals surface area (Å²) < 4.78 is 11.5. The summed E-state index contributed by atoms with van der Waals surface area (Å²) in [6.07, 6.45) is 4.56. The summed E-state index contributed by atoms with van der Waals surface area (Å²) in [6, 6.07) is 18.1. The number of fused-ring (bicyclic) bond motifs is 1. The Hall–Kier alpha value is -3.40. The average Bonchev–Trinajstić information content (AvgIpc) is 2.74. The summed E-state index contributed by atoms with van der Waals surface area (Å²) in [7, 11) is 0. The van der Waals surface area contributed by atoms with Crippen molar-refractivity contribution in [2.75, 3.05) is 0 Å². The number of hydrogen-bond acceptors (Lipinski definition) is 4. The number of allylic oxidation sites excluding steroid dienone is 1. The summed E-state index contributed by atoms with van der Waals surface area (Å²) in [5.41, 5.74) is 2.16. The lowest BCUT2D eigenvalue weighted by atomic mass is 9.91. The molecule has 0 spiro atoms. The van der Waals surface area contributed by atoms with Crippen molar-refractivity contribution < 1.29 is 19.1 Å². The van der Waals surface area contributed by atoms with Crippen LogP contribution >= 0.6 is 0 Å². The number of hydrogen-bond donors (Lipinski definition) is 0. The minimum atomic E-state index is -0.448. The van der Waals surface area contributed by atoms with Gasteiger partial charge in [-0.1, -0.05) is 55.0 Å². The molecule has 4 nitrogen and oxygen atoms in total. The number of ether oxygens (including phenoxy) is 2. The Balaban J connectivity index is 1.65. The number of carbonyl (C=O) groups excluding carboxylic acids is 2. The molecule has 0 aromatic heterocycles. The van der Waals surface area contributed by atoms with Crippen LogP contribution in [0.4, 0.5) is 0 Å². The molecule has 0 radical (unpaired) electrons. The highest BCUT2D eigenvalue weighted by Gasteiger charge is 2.20. The maximum absolute atomic E-state index is 12.7. The topological polar surface area (TPSA) is 52.6 Å². The smallest absolute Gasteiger partial charge is 0.343 e. The Morgan fingerprint density at radius 3 is 2.20 bits per heavy atom. The van der Waals surface area contributed by atoms with Crippen LogP contribution in [0.5, 0.6) is 11.5 Å². The van der Waals surface area contributed by atoms with Crippen molar-refractivity contribution in [3.8, 4) is 11.5 Å². The molecule has 1 atom stereocenters. The molecule has 0 bridgehead atoms. The number of carbonyl (C=O) groups is 2. The molecule has 4 heteroatoms. The molecule has 0 saturated carbocycles. The van der Waals surface area contributed by atoms with Gasteiger partial charge in [0.15, 0.2) is 0 Å². The van der Waals surface area contributed by atoms with Gasteiger partial charge < -0.3 is 9.47 Å². The molecular weight excluding hydrogens is 376 g/mol. The van der Waals surface area contributed by atoms with E-state index in [1.165, 1.54) is 0 Å². The van der Waals surface area contributed by atoms with Crippen LogP contribution in [-0.4, -0.2) is 11.9 Å². The van der Waals surface area contributed by atoms with E-state index < -0.39 is 5.97 Å². The fourth-order valence-corrected chi connectivity index (χ4v) is 3.69. The molecule has 3 aromatic carbocycles. The van der Waals surface area contributed by atoms with Crippen molar-refractivity contribution in [3.63, 3.8) is 0 Å². The van der Waals surface area contributed by atoms with Gasteiger partial charge in [-0.3, -0.25) is 0 Å². The van der Waals surface area contributed by atoms with E-state index in [1.54, 1.807) is 24.3 Å².